The van der Waals surface area contributed by atoms with Gasteiger partial charge in [0.15, 0.2) is 0 Å². The Morgan fingerprint density at radius 2 is 2.05 bits per heavy atom. The maximum Gasteiger partial charge on any atom is 0.322 e. The SMILES string of the molecule is CCOc1nc(Cl)nc(Nc2c(Cl)cc(F)cc2Br)n1. The van der Waals surface area contributed by atoms with Crippen molar-refractivity contribution in [2.75, 3.05) is 11.9 Å². The first-order valence-corrected chi connectivity index (χ1v) is 7.00. The van der Waals surface area contributed by atoms with E-state index in [9.17, 15) is 4.39 Å². The number of rotatable bonds is 4. The van der Waals surface area contributed by atoms with Gasteiger partial charge in [-0.1, -0.05) is 11.6 Å². The molecule has 0 spiro atoms. The van der Waals surface area contributed by atoms with Gasteiger partial charge < -0.3 is 10.1 Å². The molecule has 1 aromatic heterocycles. The number of benzene rings is 1. The standard InChI is InChI=1S/C11H8BrCl2FN4O/c1-2-20-11-18-9(14)17-10(19-11)16-8-6(12)3-5(15)4-7(8)13/h3-4H,2H2,1H3,(H,16,17,18,19). The summed E-state index contributed by atoms with van der Waals surface area (Å²) >= 11 is 14.9. The number of halogens is 4. The third kappa shape index (κ3) is 3.68. The smallest absolute Gasteiger partial charge is 0.322 e. The molecule has 0 bridgehead atoms. The molecule has 1 N–H and O–H groups in total. The van der Waals surface area contributed by atoms with Crippen LogP contribution in [-0.4, -0.2) is 21.6 Å². The number of anilines is 2. The van der Waals surface area contributed by atoms with Crippen molar-refractivity contribution in [1.29, 1.82) is 0 Å². The molecule has 0 saturated heterocycles. The Hall–Kier alpha value is -1.18. The summed E-state index contributed by atoms with van der Waals surface area (Å²) in [6, 6.07) is 2.52. The lowest BCUT2D eigenvalue weighted by molar-refractivity contribution is 0.312. The van der Waals surface area contributed by atoms with E-state index in [1.807, 2.05) is 0 Å². The van der Waals surface area contributed by atoms with Crippen molar-refractivity contribution >= 4 is 50.8 Å². The average Bonchev–Trinajstić information content (AvgIpc) is 2.33. The van der Waals surface area contributed by atoms with Gasteiger partial charge in [-0.15, -0.1) is 0 Å². The lowest BCUT2D eigenvalue weighted by Gasteiger charge is -2.10. The first kappa shape index (κ1) is 15.2. The summed E-state index contributed by atoms with van der Waals surface area (Å²) in [5.41, 5.74) is 0.415. The third-order valence-electron chi connectivity index (χ3n) is 2.10. The Morgan fingerprint density at radius 3 is 2.70 bits per heavy atom. The molecule has 2 aromatic rings. The number of aromatic nitrogens is 3. The van der Waals surface area contributed by atoms with E-state index < -0.39 is 5.82 Å². The molecule has 0 fully saturated rings. The van der Waals surface area contributed by atoms with Gasteiger partial charge in [0.1, 0.15) is 5.82 Å². The Labute approximate surface area is 132 Å². The summed E-state index contributed by atoms with van der Waals surface area (Å²) in [6.45, 7) is 2.18. The number of nitrogens with one attached hydrogen (secondary N) is 1. The van der Waals surface area contributed by atoms with E-state index in [0.717, 1.165) is 0 Å². The van der Waals surface area contributed by atoms with Crippen LogP contribution in [0.15, 0.2) is 16.6 Å². The van der Waals surface area contributed by atoms with Gasteiger partial charge in [0.2, 0.25) is 11.2 Å². The van der Waals surface area contributed by atoms with Crippen LogP contribution < -0.4 is 10.1 Å². The summed E-state index contributed by atoms with van der Waals surface area (Å²) in [5.74, 6) is -0.321. The molecule has 0 aliphatic rings. The maximum absolute atomic E-state index is 13.2. The molecule has 1 aromatic carbocycles. The van der Waals surface area contributed by atoms with Crippen molar-refractivity contribution in [1.82, 2.24) is 15.0 Å². The number of ether oxygens (including phenoxy) is 1. The van der Waals surface area contributed by atoms with Crippen LogP contribution in [0.25, 0.3) is 0 Å². The van der Waals surface area contributed by atoms with E-state index in [1.54, 1.807) is 6.92 Å². The Kier molecular flexibility index (Phi) is 4.95. The Morgan fingerprint density at radius 1 is 1.30 bits per heavy atom. The van der Waals surface area contributed by atoms with Gasteiger partial charge in [0.25, 0.3) is 0 Å². The van der Waals surface area contributed by atoms with E-state index in [4.69, 9.17) is 27.9 Å². The predicted octanol–water partition coefficient (Wildman–Crippen LogP) is 4.22. The monoisotopic (exact) mass is 380 g/mol. The predicted molar refractivity (Wildman–Crippen MR) is 78.4 cm³/mol. The van der Waals surface area contributed by atoms with Crippen molar-refractivity contribution in [3.63, 3.8) is 0 Å². The van der Waals surface area contributed by atoms with Crippen LogP contribution >= 0.6 is 39.1 Å². The highest BCUT2D eigenvalue weighted by Crippen LogP contribution is 2.33. The second kappa shape index (κ2) is 6.51. The minimum Gasteiger partial charge on any atom is -0.464 e. The van der Waals surface area contributed by atoms with E-state index in [1.165, 1.54) is 12.1 Å². The Balaban J connectivity index is 2.35. The van der Waals surface area contributed by atoms with Gasteiger partial charge in [0.05, 0.1) is 17.3 Å². The van der Waals surface area contributed by atoms with Crippen molar-refractivity contribution in [3.8, 4) is 6.01 Å². The maximum atomic E-state index is 13.2. The van der Waals surface area contributed by atoms with Crippen LogP contribution in [0.5, 0.6) is 6.01 Å². The second-order valence-corrected chi connectivity index (χ2v) is 5.11. The van der Waals surface area contributed by atoms with E-state index >= 15 is 0 Å². The quantitative estimate of drug-likeness (QED) is 0.858. The molecule has 0 amide bonds. The first-order chi connectivity index (χ1) is 9.49. The molecule has 0 unspecified atom stereocenters. The molecule has 2 rings (SSSR count). The van der Waals surface area contributed by atoms with Crippen molar-refractivity contribution < 1.29 is 9.13 Å². The number of hydrogen-bond acceptors (Lipinski definition) is 5. The fraction of sp³-hybridized carbons (Fsp3) is 0.182. The minimum atomic E-state index is -0.462. The van der Waals surface area contributed by atoms with Gasteiger partial charge in [-0.25, -0.2) is 4.39 Å². The zero-order valence-corrected chi connectivity index (χ0v) is 13.2. The third-order valence-corrected chi connectivity index (χ3v) is 3.20. The highest BCUT2D eigenvalue weighted by molar-refractivity contribution is 9.10. The molecule has 0 aliphatic carbocycles. The summed E-state index contributed by atoms with van der Waals surface area (Å²) < 4.78 is 18.7. The largest absolute Gasteiger partial charge is 0.464 e. The molecule has 9 heteroatoms. The fourth-order valence-corrected chi connectivity index (χ4v) is 2.41. The topological polar surface area (TPSA) is 59.9 Å². The molecule has 0 radical (unpaired) electrons. The van der Waals surface area contributed by atoms with E-state index in [0.29, 0.717) is 16.8 Å². The number of nitrogens with zero attached hydrogens (tertiary/aromatic N) is 3. The fourth-order valence-electron chi connectivity index (χ4n) is 1.35. The van der Waals surface area contributed by atoms with Crippen LogP contribution in [0.3, 0.4) is 0 Å². The highest BCUT2D eigenvalue weighted by Gasteiger charge is 2.12. The van der Waals surface area contributed by atoms with Crippen LogP contribution in [-0.2, 0) is 0 Å². The van der Waals surface area contributed by atoms with Crippen LogP contribution in [0.1, 0.15) is 6.92 Å². The van der Waals surface area contributed by atoms with Gasteiger partial charge in [0, 0.05) is 4.47 Å². The molecule has 0 aliphatic heterocycles. The second-order valence-electron chi connectivity index (χ2n) is 3.51. The van der Waals surface area contributed by atoms with Gasteiger partial charge >= 0.3 is 6.01 Å². The summed E-state index contributed by atoms with van der Waals surface area (Å²) in [6.07, 6.45) is 0. The molecule has 5 nitrogen and oxygen atoms in total. The average molecular weight is 382 g/mol. The number of hydrogen-bond donors (Lipinski definition) is 1. The Bertz CT molecular complexity index is 621. The van der Waals surface area contributed by atoms with Crippen LogP contribution in [0.2, 0.25) is 10.3 Å². The lowest BCUT2D eigenvalue weighted by atomic mass is 10.3. The molecule has 0 atom stereocenters. The van der Waals surface area contributed by atoms with Crippen LogP contribution in [0.4, 0.5) is 16.0 Å². The molecule has 20 heavy (non-hydrogen) atoms. The zero-order valence-electron chi connectivity index (χ0n) is 10.1. The summed E-state index contributed by atoms with van der Waals surface area (Å²) in [4.78, 5) is 11.7. The van der Waals surface area contributed by atoms with Crippen molar-refractivity contribution in [3.05, 3.63) is 32.7 Å². The van der Waals surface area contributed by atoms with Gasteiger partial charge in [-0.3, -0.25) is 0 Å². The zero-order chi connectivity index (χ0) is 14.7. The molecular weight excluding hydrogens is 374 g/mol. The van der Waals surface area contributed by atoms with E-state index in [-0.39, 0.29) is 22.3 Å². The summed E-state index contributed by atoms with van der Waals surface area (Å²) in [5, 5.41) is 2.98. The van der Waals surface area contributed by atoms with E-state index in [2.05, 4.69) is 36.2 Å². The molecular formula is C11H8BrCl2FN4O. The van der Waals surface area contributed by atoms with Crippen LogP contribution in [0, 0.1) is 5.82 Å². The van der Waals surface area contributed by atoms with Crippen molar-refractivity contribution in [2.45, 2.75) is 6.92 Å². The molecule has 1 heterocycles. The first-order valence-electron chi connectivity index (χ1n) is 5.45. The van der Waals surface area contributed by atoms with Gasteiger partial charge in [-0.05, 0) is 46.6 Å². The molecule has 106 valence electrons. The lowest BCUT2D eigenvalue weighted by Crippen LogP contribution is -2.04. The van der Waals surface area contributed by atoms with Crippen molar-refractivity contribution in [2.24, 2.45) is 0 Å². The minimum absolute atomic E-state index is 0.0275. The van der Waals surface area contributed by atoms with Gasteiger partial charge in [-0.2, -0.15) is 15.0 Å². The normalized spacial score (nSPS) is 10.4. The highest BCUT2D eigenvalue weighted by atomic mass is 79.9. The summed E-state index contributed by atoms with van der Waals surface area (Å²) in [7, 11) is 0. The molecule has 0 saturated carbocycles.